The molecular weight excluding hydrogens is 504 g/mol. The van der Waals surface area contributed by atoms with Gasteiger partial charge in [0.1, 0.15) is 11.9 Å². The van der Waals surface area contributed by atoms with Gasteiger partial charge in [0.25, 0.3) is 5.91 Å². The van der Waals surface area contributed by atoms with Crippen molar-refractivity contribution in [3.63, 3.8) is 0 Å². The Bertz CT molecular complexity index is 1710. The lowest BCUT2D eigenvalue weighted by Gasteiger charge is -2.11. The fraction of sp³-hybridized carbons (Fsp3) is 0.111. The molecule has 0 radical (unpaired) electrons. The van der Waals surface area contributed by atoms with Crippen LogP contribution >= 0.6 is 0 Å². The van der Waals surface area contributed by atoms with E-state index in [2.05, 4.69) is 35.8 Å². The Morgan fingerprint density at radius 2 is 1.79 bits per heavy atom. The lowest BCUT2D eigenvalue weighted by molar-refractivity contribution is 0.0949. The lowest BCUT2D eigenvalue weighted by atomic mass is 10.0. The van der Waals surface area contributed by atoms with Crippen molar-refractivity contribution in [2.75, 3.05) is 17.6 Å². The highest BCUT2D eigenvalue weighted by Gasteiger charge is 2.16. The molecule has 194 valence electrons. The van der Waals surface area contributed by atoms with E-state index in [1.54, 1.807) is 6.20 Å². The third-order valence-electron chi connectivity index (χ3n) is 5.97. The van der Waals surface area contributed by atoms with Gasteiger partial charge in [-0.1, -0.05) is 30.3 Å². The van der Waals surface area contributed by atoms with Crippen LogP contribution in [0.4, 0.5) is 20.4 Å². The average molecular weight is 526 g/mol. The molecular formula is C27H21F2N9O. The minimum atomic E-state index is -0.952. The van der Waals surface area contributed by atoms with Gasteiger partial charge in [0.2, 0.25) is 0 Å². The summed E-state index contributed by atoms with van der Waals surface area (Å²) >= 11 is 0. The number of H-pyrrole nitrogens is 1. The number of carbonyl (C=O) groups is 1. The van der Waals surface area contributed by atoms with E-state index in [9.17, 15) is 18.8 Å². The number of nitriles is 1. The van der Waals surface area contributed by atoms with E-state index in [1.807, 2.05) is 36.4 Å². The maximum Gasteiger partial charge on any atom is 0.273 e. The zero-order valence-electron chi connectivity index (χ0n) is 20.4. The second-order valence-electron chi connectivity index (χ2n) is 8.60. The molecule has 5 rings (SSSR count). The maximum atomic E-state index is 13.4. The van der Waals surface area contributed by atoms with Crippen LogP contribution in [0.5, 0.6) is 0 Å². The number of carbonyl (C=O) groups excluding carboxylic acids is 1. The molecule has 39 heavy (non-hydrogen) atoms. The molecule has 0 aliphatic heterocycles. The van der Waals surface area contributed by atoms with E-state index in [0.29, 0.717) is 23.6 Å². The van der Waals surface area contributed by atoms with Crippen LogP contribution in [0.2, 0.25) is 0 Å². The molecule has 0 aliphatic carbocycles. The Labute approximate surface area is 220 Å². The van der Waals surface area contributed by atoms with Gasteiger partial charge >= 0.3 is 0 Å². The molecule has 0 saturated carbocycles. The van der Waals surface area contributed by atoms with E-state index in [4.69, 9.17) is 5.73 Å². The normalized spacial score (nSPS) is 10.8. The van der Waals surface area contributed by atoms with E-state index >= 15 is 0 Å². The molecule has 2 aromatic carbocycles. The largest absolute Gasteiger partial charge is 0.384 e. The number of nitrogens with two attached hydrogens (primary N) is 1. The standard InChI is InChI=1S/C27H21F2N9O/c28-21-6-3-15(9-22(21)29)7-8-32-27(39)23-26(35-14-19(11-30)36-23)33-12-16-1-4-17(5-2-16)18-10-20-24(31)37-38-25(20)34-13-18/h1-6,9-10,13-14H,7-8,12H2,(H,32,39)(H,33,35)(H3,31,34,37,38). The first-order valence-corrected chi connectivity index (χ1v) is 11.8. The number of hydrogen-bond acceptors (Lipinski definition) is 8. The fourth-order valence-corrected chi connectivity index (χ4v) is 3.91. The number of aromatic nitrogens is 5. The summed E-state index contributed by atoms with van der Waals surface area (Å²) in [6, 6.07) is 15.1. The number of nitrogens with one attached hydrogen (secondary N) is 3. The molecule has 3 heterocycles. The molecule has 0 saturated heterocycles. The van der Waals surface area contributed by atoms with Crippen LogP contribution in [0.15, 0.2) is 60.9 Å². The van der Waals surface area contributed by atoms with E-state index in [1.165, 1.54) is 12.3 Å². The van der Waals surface area contributed by atoms with Gasteiger partial charge in [-0.3, -0.25) is 9.89 Å². The molecule has 5 N–H and O–H groups in total. The van der Waals surface area contributed by atoms with Gasteiger partial charge in [0.15, 0.2) is 34.5 Å². The Hall–Kier alpha value is -5.44. The molecule has 3 aromatic heterocycles. The predicted octanol–water partition coefficient (Wildman–Crippen LogP) is 3.73. The number of amides is 1. The third kappa shape index (κ3) is 5.62. The van der Waals surface area contributed by atoms with E-state index < -0.39 is 17.5 Å². The van der Waals surface area contributed by atoms with Crippen molar-refractivity contribution in [1.29, 1.82) is 5.26 Å². The van der Waals surface area contributed by atoms with Crippen LogP contribution in [0.1, 0.15) is 27.3 Å². The average Bonchev–Trinajstić information content (AvgIpc) is 3.33. The number of rotatable bonds is 8. The van der Waals surface area contributed by atoms with Crippen LogP contribution in [0.3, 0.4) is 0 Å². The minimum Gasteiger partial charge on any atom is -0.384 e. The number of nitrogen functional groups attached to an aromatic ring is 1. The Balaban J connectivity index is 1.25. The molecule has 0 spiro atoms. The number of halogens is 2. The Morgan fingerprint density at radius 1 is 1.00 bits per heavy atom. The van der Waals surface area contributed by atoms with Crippen LogP contribution in [0, 0.1) is 23.0 Å². The van der Waals surface area contributed by atoms with Crippen molar-refractivity contribution >= 4 is 28.6 Å². The van der Waals surface area contributed by atoms with Crippen molar-refractivity contribution in [2.24, 2.45) is 0 Å². The highest BCUT2D eigenvalue weighted by molar-refractivity contribution is 5.96. The summed E-state index contributed by atoms with van der Waals surface area (Å²) < 4.78 is 26.6. The first-order valence-electron chi connectivity index (χ1n) is 11.8. The van der Waals surface area contributed by atoms with Crippen LogP contribution in [-0.2, 0) is 13.0 Å². The lowest BCUT2D eigenvalue weighted by Crippen LogP contribution is -2.28. The highest BCUT2D eigenvalue weighted by atomic mass is 19.2. The number of benzene rings is 2. The summed E-state index contributed by atoms with van der Waals surface area (Å²) in [4.78, 5) is 25.5. The van der Waals surface area contributed by atoms with Gasteiger partial charge in [-0.15, -0.1) is 0 Å². The molecule has 10 nitrogen and oxygen atoms in total. The number of nitrogens with zero attached hydrogens (tertiary/aromatic N) is 5. The minimum absolute atomic E-state index is 0.0144. The van der Waals surface area contributed by atoms with Gasteiger partial charge < -0.3 is 16.4 Å². The predicted molar refractivity (Wildman–Crippen MR) is 140 cm³/mol. The number of pyridine rings is 1. The SMILES string of the molecule is N#Cc1cnc(NCc2ccc(-c3cnc4n[nH]c(N)c4c3)cc2)c(C(=O)NCCc2ccc(F)c(F)c2)n1. The smallest absolute Gasteiger partial charge is 0.273 e. The second-order valence-corrected chi connectivity index (χ2v) is 8.60. The molecule has 12 heteroatoms. The summed E-state index contributed by atoms with van der Waals surface area (Å²) in [5.41, 5.74) is 9.65. The molecule has 0 fully saturated rings. The summed E-state index contributed by atoms with van der Waals surface area (Å²) in [6.07, 6.45) is 3.27. The molecule has 0 atom stereocenters. The topological polar surface area (TPSA) is 158 Å². The van der Waals surface area contributed by atoms with Crippen LogP contribution in [-0.4, -0.2) is 37.6 Å². The van der Waals surface area contributed by atoms with Crippen molar-refractivity contribution < 1.29 is 13.6 Å². The number of anilines is 2. The molecule has 0 bridgehead atoms. The van der Waals surface area contributed by atoms with Crippen molar-refractivity contribution in [2.45, 2.75) is 13.0 Å². The monoisotopic (exact) mass is 525 g/mol. The van der Waals surface area contributed by atoms with Gasteiger partial charge in [0.05, 0.1) is 11.6 Å². The maximum absolute atomic E-state index is 13.4. The Kier molecular flexibility index (Phi) is 7.05. The number of fused-ring (bicyclic) bond motifs is 1. The summed E-state index contributed by atoms with van der Waals surface area (Å²) in [5, 5.41) is 22.5. The third-order valence-corrected chi connectivity index (χ3v) is 5.97. The molecule has 0 unspecified atom stereocenters. The zero-order valence-corrected chi connectivity index (χ0v) is 20.4. The Morgan fingerprint density at radius 3 is 2.56 bits per heavy atom. The summed E-state index contributed by atoms with van der Waals surface area (Å²) in [6.45, 7) is 0.482. The molecule has 1 amide bonds. The molecule has 0 aliphatic rings. The molecule has 5 aromatic rings. The van der Waals surface area contributed by atoms with Gasteiger partial charge in [-0.2, -0.15) is 10.4 Å². The van der Waals surface area contributed by atoms with Crippen molar-refractivity contribution in [3.05, 3.63) is 95.1 Å². The van der Waals surface area contributed by atoms with E-state index in [0.717, 1.165) is 34.2 Å². The van der Waals surface area contributed by atoms with Crippen molar-refractivity contribution in [3.8, 4) is 17.2 Å². The number of aromatic amines is 1. The number of hydrogen-bond donors (Lipinski definition) is 4. The van der Waals surface area contributed by atoms with Gasteiger partial charge in [-0.25, -0.2) is 23.7 Å². The van der Waals surface area contributed by atoms with Crippen molar-refractivity contribution in [1.82, 2.24) is 30.5 Å². The van der Waals surface area contributed by atoms with Gasteiger partial charge in [0, 0.05) is 24.8 Å². The summed E-state index contributed by atoms with van der Waals surface area (Å²) in [7, 11) is 0. The highest BCUT2D eigenvalue weighted by Crippen LogP contribution is 2.25. The fourth-order valence-electron chi connectivity index (χ4n) is 3.91. The van der Waals surface area contributed by atoms with Crippen LogP contribution in [0.25, 0.3) is 22.2 Å². The van der Waals surface area contributed by atoms with Gasteiger partial charge in [-0.05, 0) is 41.3 Å². The van der Waals surface area contributed by atoms with Crippen LogP contribution < -0.4 is 16.4 Å². The first kappa shape index (κ1) is 25.2. The van der Waals surface area contributed by atoms with E-state index in [-0.39, 0.29) is 30.2 Å². The quantitative estimate of drug-likeness (QED) is 0.239. The summed E-state index contributed by atoms with van der Waals surface area (Å²) in [5.74, 6) is -1.79. The zero-order chi connectivity index (χ0) is 27.4. The first-order chi connectivity index (χ1) is 18.9. The second kappa shape index (κ2) is 10.9.